The van der Waals surface area contributed by atoms with Crippen molar-refractivity contribution in [2.75, 3.05) is 66.2 Å². The number of amides is 2. The lowest BCUT2D eigenvalue weighted by atomic mass is 10.0. The second-order valence-corrected chi connectivity index (χ2v) is 7.40. The number of hydrogen-bond donors (Lipinski definition) is 1. The number of likely N-dealkylation sites (N-methyl/N-ethyl adjacent to an activating group) is 1. The minimum Gasteiger partial charge on any atom is -0.494 e. The fraction of sp³-hybridized carbons (Fsp3) is 0.545. The molecule has 0 saturated carbocycles. The van der Waals surface area contributed by atoms with Gasteiger partial charge in [0.25, 0.3) is 11.8 Å². The third-order valence-electron chi connectivity index (χ3n) is 5.37. The van der Waals surface area contributed by atoms with E-state index in [0.29, 0.717) is 42.2 Å². The summed E-state index contributed by atoms with van der Waals surface area (Å²) in [4.78, 5) is 31.6. The van der Waals surface area contributed by atoms with Crippen molar-refractivity contribution in [2.24, 2.45) is 0 Å². The molecule has 1 N–H and O–H groups in total. The number of hydrogen-bond acceptors (Lipinski definition) is 7. The Morgan fingerprint density at radius 3 is 2.43 bits per heavy atom. The van der Waals surface area contributed by atoms with Crippen molar-refractivity contribution in [1.82, 2.24) is 14.7 Å². The summed E-state index contributed by atoms with van der Waals surface area (Å²) >= 11 is 0. The van der Waals surface area contributed by atoms with Gasteiger partial charge in [0.15, 0.2) is 0 Å². The van der Waals surface area contributed by atoms with Gasteiger partial charge in [-0.1, -0.05) is 12.1 Å². The summed E-state index contributed by atoms with van der Waals surface area (Å²) in [6.07, 6.45) is 0.713. The lowest BCUT2D eigenvalue weighted by molar-refractivity contribution is -0.137. The van der Waals surface area contributed by atoms with E-state index in [1.54, 1.807) is 36.2 Å². The van der Waals surface area contributed by atoms with Crippen LogP contribution in [0.25, 0.3) is 5.57 Å². The Morgan fingerprint density at radius 2 is 1.80 bits per heavy atom. The van der Waals surface area contributed by atoms with E-state index < -0.39 is 0 Å². The predicted octanol–water partition coefficient (Wildman–Crippen LogP) is 0.812. The SMILES string of the molecule is CCOc1ccc(C2=C(N(C)CCO)C(=O)N(CCCN3CCOCC3)C2=O)cc1. The lowest BCUT2D eigenvalue weighted by Crippen LogP contribution is -2.40. The highest BCUT2D eigenvalue weighted by Crippen LogP contribution is 2.32. The molecule has 0 aliphatic carbocycles. The number of aliphatic hydroxyl groups is 1. The van der Waals surface area contributed by atoms with E-state index in [0.717, 1.165) is 32.8 Å². The topological polar surface area (TPSA) is 82.6 Å². The highest BCUT2D eigenvalue weighted by atomic mass is 16.5. The van der Waals surface area contributed by atoms with E-state index in [9.17, 15) is 14.7 Å². The maximum absolute atomic E-state index is 13.2. The fourth-order valence-corrected chi connectivity index (χ4v) is 3.80. The molecule has 2 aliphatic rings. The fourth-order valence-electron chi connectivity index (χ4n) is 3.80. The van der Waals surface area contributed by atoms with Gasteiger partial charge in [-0.2, -0.15) is 0 Å². The van der Waals surface area contributed by atoms with Gasteiger partial charge < -0.3 is 19.5 Å². The Balaban J connectivity index is 1.77. The first-order chi connectivity index (χ1) is 14.6. The van der Waals surface area contributed by atoms with E-state index in [1.165, 1.54) is 4.90 Å². The molecule has 2 heterocycles. The Hall–Kier alpha value is -2.42. The molecule has 164 valence electrons. The van der Waals surface area contributed by atoms with Gasteiger partial charge in [0, 0.05) is 39.8 Å². The van der Waals surface area contributed by atoms with Crippen LogP contribution in [0.2, 0.25) is 0 Å². The molecule has 1 aromatic carbocycles. The van der Waals surface area contributed by atoms with Gasteiger partial charge >= 0.3 is 0 Å². The number of aliphatic hydroxyl groups excluding tert-OH is 1. The van der Waals surface area contributed by atoms with Crippen LogP contribution in [-0.2, 0) is 14.3 Å². The zero-order valence-electron chi connectivity index (χ0n) is 17.8. The van der Waals surface area contributed by atoms with Gasteiger partial charge in [-0.05, 0) is 31.0 Å². The standard InChI is InChI=1S/C22H31N3O5/c1-3-30-18-7-5-17(6-8-18)19-20(23(2)11-14-26)22(28)25(21(19)27)10-4-9-24-12-15-29-16-13-24/h5-8,26H,3-4,9-16H2,1-2H3. The molecule has 0 unspecified atom stereocenters. The van der Waals surface area contributed by atoms with Crippen molar-refractivity contribution in [1.29, 1.82) is 0 Å². The molecule has 3 rings (SSSR count). The monoisotopic (exact) mass is 417 g/mol. The van der Waals surface area contributed by atoms with Gasteiger partial charge in [-0.15, -0.1) is 0 Å². The van der Waals surface area contributed by atoms with Gasteiger partial charge in [0.2, 0.25) is 0 Å². The van der Waals surface area contributed by atoms with Crippen LogP contribution in [0.1, 0.15) is 18.9 Å². The van der Waals surface area contributed by atoms with Gasteiger partial charge in [-0.25, -0.2) is 0 Å². The second-order valence-electron chi connectivity index (χ2n) is 7.40. The molecule has 0 aromatic heterocycles. The normalized spacial score (nSPS) is 17.8. The van der Waals surface area contributed by atoms with Crippen LogP contribution in [0, 0.1) is 0 Å². The quantitative estimate of drug-likeness (QED) is 0.564. The molecule has 1 fully saturated rings. The summed E-state index contributed by atoms with van der Waals surface area (Å²) in [6.45, 7) is 7.03. The maximum Gasteiger partial charge on any atom is 0.277 e. The number of ether oxygens (including phenoxy) is 2. The van der Waals surface area contributed by atoms with Crippen LogP contribution in [0.5, 0.6) is 5.75 Å². The number of imide groups is 1. The Bertz CT molecular complexity index is 771. The van der Waals surface area contributed by atoms with Gasteiger partial charge in [-0.3, -0.25) is 19.4 Å². The first-order valence-electron chi connectivity index (χ1n) is 10.5. The third kappa shape index (κ3) is 5.00. The third-order valence-corrected chi connectivity index (χ3v) is 5.37. The summed E-state index contributed by atoms with van der Waals surface area (Å²) in [6, 6.07) is 7.20. The molecular weight excluding hydrogens is 386 g/mol. The average molecular weight is 418 g/mol. The zero-order valence-corrected chi connectivity index (χ0v) is 17.8. The summed E-state index contributed by atoms with van der Waals surface area (Å²) in [5.41, 5.74) is 1.39. The van der Waals surface area contributed by atoms with Crippen LogP contribution >= 0.6 is 0 Å². The molecule has 8 nitrogen and oxygen atoms in total. The largest absolute Gasteiger partial charge is 0.494 e. The number of carbonyl (C=O) groups is 2. The van der Waals surface area contributed by atoms with E-state index in [4.69, 9.17) is 9.47 Å². The molecule has 1 saturated heterocycles. The van der Waals surface area contributed by atoms with E-state index in [1.807, 2.05) is 6.92 Å². The molecule has 0 radical (unpaired) electrons. The molecular formula is C22H31N3O5. The molecule has 0 spiro atoms. The van der Waals surface area contributed by atoms with Crippen molar-refractivity contribution >= 4 is 17.4 Å². The highest BCUT2D eigenvalue weighted by Gasteiger charge is 2.40. The minimum atomic E-state index is -0.304. The summed E-state index contributed by atoms with van der Waals surface area (Å²) in [5, 5.41) is 9.35. The number of benzene rings is 1. The molecule has 0 bridgehead atoms. The first kappa shape index (κ1) is 22.3. The van der Waals surface area contributed by atoms with E-state index in [-0.39, 0.29) is 25.0 Å². The first-order valence-corrected chi connectivity index (χ1v) is 10.5. The molecule has 8 heteroatoms. The van der Waals surface area contributed by atoms with E-state index in [2.05, 4.69) is 4.90 Å². The smallest absolute Gasteiger partial charge is 0.277 e. The molecule has 30 heavy (non-hydrogen) atoms. The van der Waals surface area contributed by atoms with Crippen LogP contribution in [0.4, 0.5) is 0 Å². The lowest BCUT2D eigenvalue weighted by Gasteiger charge is -2.27. The zero-order chi connectivity index (χ0) is 21.5. The summed E-state index contributed by atoms with van der Waals surface area (Å²) < 4.78 is 10.8. The number of nitrogens with zero attached hydrogens (tertiary/aromatic N) is 3. The predicted molar refractivity (Wildman–Crippen MR) is 113 cm³/mol. The number of rotatable bonds is 10. The average Bonchev–Trinajstić information content (AvgIpc) is 3.00. The highest BCUT2D eigenvalue weighted by molar-refractivity contribution is 6.35. The second kappa shape index (κ2) is 10.6. The summed E-state index contributed by atoms with van der Waals surface area (Å²) in [7, 11) is 1.72. The van der Waals surface area contributed by atoms with Crippen molar-refractivity contribution in [3.05, 3.63) is 35.5 Å². The molecule has 1 aromatic rings. The van der Waals surface area contributed by atoms with Crippen LogP contribution in [-0.4, -0.2) is 97.8 Å². The Kier molecular flexibility index (Phi) is 7.84. The van der Waals surface area contributed by atoms with E-state index >= 15 is 0 Å². The number of carbonyl (C=O) groups excluding carboxylic acids is 2. The van der Waals surface area contributed by atoms with Crippen LogP contribution in [0.15, 0.2) is 30.0 Å². The van der Waals surface area contributed by atoms with Gasteiger partial charge in [0.05, 0.1) is 32.0 Å². The van der Waals surface area contributed by atoms with Crippen molar-refractivity contribution in [3.8, 4) is 5.75 Å². The molecule has 0 atom stereocenters. The Labute approximate surface area is 177 Å². The van der Waals surface area contributed by atoms with Crippen molar-refractivity contribution in [3.63, 3.8) is 0 Å². The van der Waals surface area contributed by atoms with Gasteiger partial charge in [0.1, 0.15) is 11.4 Å². The molecule has 2 amide bonds. The van der Waals surface area contributed by atoms with Crippen LogP contribution < -0.4 is 4.74 Å². The van der Waals surface area contributed by atoms with Crippen molar-refractivity contribution in [2.45, 2.75) is 13.3 Å². The maximum atomic E-state index is 13.2. The minimum absolute atomic E-state index is 0.102. The summed E-state index contributed by atoms with van der Waals surface area (Å²) in [5.74, 6) is 0.124. The Morgan fingerprint density at radius 1 is 1.10 bits per heavy atom. The number of morpholine rings is 1. The molecule has 2 aliphatic heterocycles. The van der Waals surface area contributed by atoms with Crippen LogP contribution in [0.3, 0.4) is 0 Å². The van der Waals surface area contributed by atoms with Crippen molar-refractivity contribution < 1.29 is 24.2 Å².